The maximum Gasteiger partial charge on any atom is 0.256 e. The van der Waals surface area contributed by atoms with Crippen LogP contribution in [0.3, 0.4) is 0 Å². The Balaban J connectivity index is 0.00000280. The second-order valence-corrected chi connectivity index (χ2v) is 6.97. The molecule has 0 saturated heterocycles. The number of rotatable bonds is 8. The number of hydrogen-bond donors (Lipinski definition) is 2. The predicted molar refractivity (Wildman–Crippen MR) is 114 cm³/mol. The molecule has 0 fully saturated rings. The molecule has 1 amide bonds. The van der Waals surface area contributed by atoms with Gasteiger partial charge in [-0.1, -0.05) is 36.3 Å². The molecule has 148 valence electrons. The Morgan fingerprint density at radius 2 is 2.00 bits per heavy atom. The fourth-order valence-electron chi connectivity index (χ4n) is 2.55. The van der Waals surface area contributed by atoms with E-state index >= 15 is 0 Å². The molecule has 0 spiro atoms. The zero-order valence-corrected chi connectivity index (χ0v) is 17.4. The van der Waals surface area contributed by atoms with Crippen molar-refractivity contribution < 1.29 is 9.32 Å². The molecule has 2 N–H and O–H groups in total. The first-order valence-corrected chi connectivity index (χ1v) is 9.76. The molecule has 1 aromatic heterocycles. The molecule has 3 aromatic rings. The van der Waals surface area contributed by atoms with E-state index in [1.807, 2.05) is 48.5 Å². The maximum absolute atomic E-state index is 12.8. The molecule has 0 saturated carbocycles. The summed E-state index contributed by atoms with van der Waals surface area (Å²) in [5, 5.41) is 10.1. The number of aromatic nitrogens is 2. The zero-order valence-electron chi connectivity index (χ0n) is 15.8. The van der Waals surface area contributed by atoms with Gasteiger partial charge in [-0.25, -0.2) is 0 Å². The number of hydrogen-bond acceptors (Lipinski definition) is 6. The Morgan fingerprint density at radius 3 is 2.75 bits per heavy atom. The van der Waals surface area contributed by atoms with Crippen LogP contribution in [-0.4, -0.2) is 22.6 Å². The van der Waals surface area contributed by atoms with E-state index in [2.05, 4.69) is 27.7 Å². The molecule has 0 atom stereocenters. The summed E-state index contributed by atoms with van der Waals surface area (Å²) in [6.45, 7) is 5.52. The molecule has 1 heterocycles. The van der Waals surface area contributed by atoms with E-state index in [4.69, 9.17) is 4.52 Å². The quantitative estimate of drug-likeness (QED) is 0.526. The molecule has 0 radical (unpaired) electrons. The highest BCUT2D eigenvalue weighted by atomic mass is 35.5. The van der Waals surface area contributed by atoms with E-state index in [-0.39, 0.29) is 18.3 Å². The second-order valence-electron chi connectivity index (χ2n) is 5.95. The molecule has 2 aromatic carbocycles. The normalized spacial score (nSPS) is 10.4. The molecule has 6 nitrogen and oxygen atoms in total. The van der Waals surface area contributed by atoms with Gasteiger partial charge in [0.25, 0.3) is 5.91 Å². The van der Waals surface area contributed by atoms with Crippen molar-refractivity contribution in [3.63, 3.8) is 0 Å². The van der Waals surface area contributed by atoms with Crippen LogP contribution in [0.4, 0.5) is 5.69 Å². The van der Waals surface area contributed by atoms with Crippen molar-refractivity contribution in [3.05, 3.63) is 71.4 Å². The molecule has 0 bridgehead atoms. The highest BCUT2D eigenvalue weighted by Crippen LogP contribution is 2.26. The van der Waals surface area contributed by atoms with E-state index in [9.17, 15) is 4.79 Å². The number of carbonyl (C=O) groups excluding carboxylic acids is 1. The third-order valence-electron chi connectivity index (χ3n) is 3.82. The molecule has 0 aliphatic rings. The van der Waals surface area contributed by atoms with Crippen molar-refractivity contribution in [3.8, 4) is 0 Å². The van der Waals surface area contributed by atoms with Gasteiger partial charge in [-0.2, -0.15) is 4.98 Å². The predicted octanol–water partition coefficient (Wildman–Crippen LogP) is 4.45. The van der Waals surface area contributed by atoms with Crippen LogP contribution >= 0.6 is 24.2 Å². The summed E-state index contributed by atoms with van der Waals surface area (Å²) < 4.78 is 5.14. The van der Waals surface area contributed by atoms with Crippen molar-refractivity contribution in [2.75, 3.05) is 11.9 Å². The Hall–Kier alpha value is -2.35. The summed E-state index contributed by atoms with van der Waals surface area (Å²) in [5.41, 5.74) is 2.53. The lowest BCUT2D eigenvalue weighted by atomic mass is 10.1. The lowest BCUT2D eigenvalue weighted by molar-refractivity contribution is 0.102. The van der Waals surface area contributed by atoms with E-state index in [0.717, 1.165) is 29.2 Å². The standard InChI is InChI=1S/C20H22N4O2S.ClH/c1-3-21-12-15-7-6-8-16(11-15)23-20(25)17-9-4-5-10-18(17)27-13-19-22-14(2)24-26-19;/h4-11,21H,3,12-13H2,1-2H3,(H,23,25);1H. The molecule has 8 heteroatoms. The lowest BCUT2D eigenvalue weighted by Gasteiger charge is -2.10. The number of anilines is 1. The summed E-state index contributed by atoms with van der Waals surface area (Å²) >= 11 is 1.50. The van der Waals surface area contributed by atoms with Gasteiger partial charge in [0.2, 0.25) is 5.89 Å². The van der Waals surface area contributed by atoms with E-state index in [1.54, 1.807) is 6.92 Å². The molecule has 0 aliphatic carbocycles. The Morgan fingerprint density at radius 1 is 1.18 bits per heavy atom. The number of amides is 1. The fraction of sp³-hybridized carbons (Fsp3) is 0.250. The Kier molecular flexibility index (Phi) is 8.50. The zero-order chi connectivity index (χ0) is 19.1. The van der Waals surface area contributed by atoms with E-state index < -0.39 is 0 Å². The van der Waals surface area contributed by atoms with E-state index in [0.29, 0.717) is 23.0 Å². The van der Waals surface area contributed by atoms with Crippen LogP contribution in [0.25, 0.3) is 0 Å². The Bertz CT molecular complexity index is 916. The van der Waals surface area contributed by atoms with Crippen LogP contribution in [0.15, 0.2) is 57.9 Å². The molecule has 0 aliphatic heterocycles. The number of nitrogens with one attached hydrogen (secondary N) is 2. The number of aryl methyl sites for hydroxylation is 1. The molecular formula is C20H23ClN4O2S. The number of benzene rings is 2. The van der Waals surface area contributed by atoms with Gasteiger partial charge in [0.05, 0.1) is 11.3 Å². The molecule has 0 unspecified atom stereocenters. The number of nitrogens with zero attached hydrogens (tertiary/aromatic N) is 2. The minimum Gasteiger partial charge on any atom is -0.338 e. The van der Waals surface area contributed by atoms with Gasteiger partial charge in [-0.05, 0) is 43.3 Å². The average molecular weight is 419 g/mol. The third kappa shape index (κ3) is 6.09. The van der Waals surface area contributed by atoms with Gasteiger partial charge in [0.15, 0.2) is 5.82 Å². The first-order chi connectivity index (χ1) is 13.2. The maximum atomic E-state index is 12.8. The largest absolute Gasteiger partial charge is 0.338 e. The van der Waals surface area contributed by atoms with Gasteiger partial charge in [0.1, 0.15) is 0 Å². The highest BCUT2D eigenvalue weighted by molar-refractivity contribution is 7.98. The van der Waals surface area contributed by atoms with Crippen molar-refractivity contribution >= 4 is 35.8 Å². The minimum atomic E-state index is -0.139. The topological polar surface area (TPSA) is 80.0 Å². The van der Waals surface area contributed by atoms with Crippen LogP contribution in [0, 0.1) is 6.92 Å². The smallest absolute Gasteiger partial charge is 0.256 e. The first-order valence-electron chi connectivity index (χ1n) is 8.77. The number of halogens is 1. The van der Waals surface area contributed by atoms with Gasteiger partial charge in [-0.15, -0.1) is 24.2 Å². The number of thioether (sulfide) groups is 1. The third-order valence-corrected chi connectivity index (χ3v) is 4.87. The SMILES string of the molecule is CCNCc1cccc(NC(=O)c2ccccc2SCc2nc(C)no2)c1.Cl. The second kappa shape index (κ2) is 10.8. The Labute approximate surface area is 174 Å². The van der Waals surface area contributed by atoms with Crippen molar-refractivity contribution in [2.45, 2.75) is 31.0 Å². The van der Waals surface area contributed by atoms with Gasteiger partial charge >= 0.3 is 0 Å². The van der Waals surface area contributed by atoms with Gasteiger partial charge < -0.3 is 15.2 Å². The van der Waals surface area contributed by atoms with Crippen LogP contribution in [0.2, 0.25) is 0 Å². The summed E-state index contributed by atoms with van der Waals surface area (Å²) in [7, 11) is 0. The molecular weight excluding hydrogens is 396 g/mol. The number of carbonyl (C=O) groups is 1. The minimum absolute atomic E-state index is 0. The summed E-state index contributed by atoms with van der Waals surface area (Å²) in [6.07, 6.45) is 0. The van der Waals surface area contributed by atoms with Crippen molar-refractivity contribution in [2.24, 2.45) is 0 Å². The lowest BCUT2D eigenvalue weighted by Crippen LogP contribution is -2.14. The van der Waals surface area contributed by atoms with Crippen LogP contribution < -0.4 is 10.6 Å². The molecule has 28 heavy (non-hydrogen) atoms. The fourth-order valence-corrected chi connectivity index (χ4v) is 3.43. The van der Waals surface area contributed by atoms with Gasteiger partial charge in [0, 0.05) is 17.1 Å². The van der Waals surface area contributed by atoms with Crippen molar-refractivity contribution in [1.29, 1.82) is 0 Å². The summed E-state index contributed by atoms with van der Waals surface area (Å²) in [6, 6.07) is 15.4. The van der Waals surface area contributed by atoms with E-state index in [1.165, 1.54) is 11.8 Å². The highest BCUT2D eigenvalue weighted by Gasteiger charge is 2.13. The summed E-state index contributed by atoms with van der Waals surface area (Å²) in [5.74, 6) is 1.53. The first kappa shape index (κ1) is 21.9. The average Bonchev–Trinajstić information content (AvgIpc) is 3.10. The van der Waals surface area contributed by atoms with Gasteiger partial charge in [-0.3, -0.25) is 4.79 Å². The van der Waals surface area contributed by atoms with Crippen molar-refractivity contribution in [1.82, 2.24) is 15.5 Å². The molecule has 3 rings (SSSR count). The summed E-state index contributed by atoms with van der Waals surface area (Å²) in [4.78, 5) is 17.9. The van der Waals surface area contributed by atoms with Crippen LogP contribution in [0.1, 0.15) is 34.6 Å². The monoisotopic (exact) mass is 418 g/mol. The van der Waals surface area contributed by atoms with Crippen LogP contribution in [0.5, 0.6) is 0 Å². The van der Waals surface area contributed by atoms with Crippen LogP contribution in [-0.2, 0) is 12.3 Å².